The Morgan fingerprint density at radius 3 is 1.80 bits per heavy atom. The summed E-state index contributed by atoms with van der Waals surface area (Å²) >= 11 is 0. The van der Waals surface area contributed by atoms with E-state index in [0.717, 1.165) is 19.3 Å². The molecular formula is C14H31NO4S. The van der Waals surface area contributed by atoms with Gasteiger partial charge in [-0.1, -0.05) is 71.6 Å². The van der Waals surface area contributed by atoms with Crippen LogP contribution in [-0.4, -0.2) is 21.6 Å². The smallest absolute Gasteiger partial charge is 0.247 e. The number of nitrogens with one attached hydrogen (secondary N) is 1. The zero-order valence-corrected chi connectivity index (χ0v) is 13.8. The zero-order chi connectivity index (χ0) is 15.1. The van der Waals surface area contributed by atoms with Crippen molar-refractivity contribution in [3.63, 3.8) is 0 Å². The summed E-state index contributed by atoms with van der Waals surface area (Å²) in [6.45, 7) is 4.59. The highest BCUT2D eigenvalue weighted by Crippen LogP contribution is 2.10. The molecular weight excluding hydrogens is 278 g/mol. The summed E-state index contributed by atoms with van der Waals surface area (Å²) in [5.41, 5.74) is 2.27. The van der Waals surface area contributed by atoms with Crippen molar-refractivity contribution in [2.75, 3.05) is 13.2 Å². The Labute approximate surface area is 124 Å². The number of rotatable bonds is 15. The molecule has 0 aliphatic carbocycles. The summed E-state index contributed by atoms with van der Waals surface area (Å²) in [5.74, 6) is 0. The number of unbranched alkanes of at least 4 members (excludes halogenated alkanes) is 9. The number of hydroxylamine groups is 1. The molecule has 0 rings (SSSR count). The Kier molecular flexibility index (Phi) is 13.7. The van der Waals surface area contributed by atoms with Crippen molar-refractivity contribution in [3.8, 4) is 0 Å². The first kappa shape index (κ1) is 19.8. The summed E-state index contributed by atoms with van der Waals surface area (Å²) in [4.78, 5) is 0. The lowest BCUT2D eigenvalue weighted by atomic mass is 10.1. The van der Waals surface area contributed by atoms with Gasteiger partial charge in [0, 0.05) is 6.54 Å². The van der Waals surface area contributed by atoms with Crippen LogP contribution in [0.5, 0.6) is 0 Å². The van der Waals surface area contributed by atoms with Crippen molar-refractivity contribution in [3.05, 3.63) is 0 Å². The van der Waals surface area contributed by atoms with Crippen LogP contribution < -0.4 is 5.48 Å². The summed E-state index contributed by atoms with van der Waals surface area (Å²) in [6, 6.07) is 0. The lowest BCUT2D eigenvalue weighted by Gasteiger charge is -2.05. The largest absolute Gasteiger partial charge is 0.416 e. The summed E-state index contributed by atoms with van der Waals surface area (Å²) < 4.78 is 31.3. The predicted octanol–water partition coefficient (Wildman–Crippen LogP) is 3.71. The molecule has 0 bridgehead atoms. The highest BCUT2D eigenvalue weighted by atomic mass is 32.3. The Bertz CT molecular complexity index is 294. The first-order chi connectivity index (χ1) is 9.62. The van der Waals surface area contributed by atoms with Gasteiger partial charge in [0.05, 0.1) is 6.61 Å². The maximum Gasteiger partial charge on any atom is 0.416 e. The van der Waals surface area contributed by atoms with Crippen molar-refractivity contribution < 1.29 is 16.9 Å². The molecule has 0 aromatic heterocycles. The molecule has 0 aliphatic heterocycles. The quantitative estimate of drug-likeness (QED) is 0.369. The predicted molar refractivity (Wildman–Crippen MR) is 81.5 cm³/mol. The topological polar surface area (TPSA) is 64.6 Å². The second-order valence-corrected chi connectivity index (χ2v) is 6.21. The van der Waals surface area contributed by atoms with Gasteiger partial charge in [-0.05, 0) is 6.42 Å². The standard InChI is InChI=1S/C14H31NO4S/c1-3-5-6-7-8-9-10-11-12-13-14-18-20(16,17)19-15-4-2/h15H,3-14H2,1-2H3. The molecule has 0 saturated heterocycles. The van der Waals surface area contributed by atoms with E-state index in [2.05, 4.69) is 16.7 Å². The first-order valence-corrected chi connectivity index (χ1v) is 9.26. The van der Waals surface area contributed by atoms with Gasteiger partial charge in [0.25, 0.3) is 0 Å². The molecule has 0 spiro atoms. The van der Waals surface area contributed by atoms with E-state index in [1.807, 2.05) is 0 Å². The minimum absolute atomic E-state index is 0.199. The van der Waals surface area contributed by atoms with Gasteiger partial charge in [0.15, 0.2) is 0 Å². The van der Waals surface area contributed by atoms with Crippen LogP contribution in [0, 0.1) is 0 Å². The molecule has 122 valence electrons. The normalized spacial score (nSPS) is 11.9. The van der Waals surface area contributed by atoms with E-state index in [0.29, 0.717) is 6.54 Å². The minimum atomic E-state index is -3.87. The zero-order valence-electron chi connectivity index (χ0n) is 13.0. The van der Waals surface area contributed by atoms with E-state index >= 15 is 0 Å². The molecule has 0 unspecified atom stereocenters. The maximum atomic E-state index is 11.1. The second kappa shape index (κ2) is 13.8. The van der Waals surface area contributed by atoms with Crippen molar-refractivity contribution in [1.82, 2.24) is 5.48 Å². The monoisotopic (exact) mass is 309 g/mol. The van der Waals surface area contributed by atoms with Gasteiger partial charge in [-0.3, -0.25) is 0 Å². The fraction of sp³-hybridized carbons (Fsp3) is 1.00. The summed E-state index contributed by atoms with van der Waals surface area (Å²) in [6.07, 6.45) is 12.1. The fourth-order valence-electron chi connectivity index (χ4n) is 1.91. The SMILES string of the molecule is CCCCCCCCCCCCOS(=O)(=O)ONCC. The molecule has 5 nitrogen and oxygen atoms in total. The van der Waals surface area contributed by atoms with E-state index in [1.165, 1.54) is 44.9 Å². The first-order valence-electron chi connectivity index (χ1n) is 7.93. The van der Waals surface area contributed by atoms with E-state index in [-0.39, 0.29) is 6.61 Å². The Morgan fingerprint density at radius 1 is 0.800 bits per heavy atom. The lowest BCUT2D eigenvalue weighted by molar-refractivity contribution is 0.151. The average Bonchev–Trinajstić information content (AvgIpc) is 2.42. The van der Waals surface area contributed by atoms with Crippen molar-refractivity contribution in [1.29, 1.82) is 0 Å². The second-order valence-electron chi connectivity index (χ2n) is 4.99. The molecule has 20 heavy (non-hydrogen) atoms. The van der Waals surface area contributed by atoms with Crippen LogP contribution in [0.25, 0.3) is 0 Å². The van der Waals surface area contributed by atoms with Crippen LogP contribution in [0.2, 0.25) is 0 Å². The van der Waals surface area contributed by atoms with Gasteiger partial charge in [-0.15, -0.1) is 0 Å². The molecule has 6 heteroatoms. The van der Waals surface area contributed by atoms with E-state index in [4.69, 9.17) is 4.18 Å². The van der Waals surface area contributed by atoms with Gasteiger partial charge in [0.1, 0.15) is 0 Å². The Balaban J connectivity index is 3.24. The molecule has 0 aliphatic rings. The Hall–Kier alpha value is -0.170. The van der Waals surface area contributed by atoms with Gasteiger partial charge in [-0.25, -0.2) is 4.18 Å². The molecule has 0 heterocycles. The van der Waals surface area contributed by atoms with Crippen molar-refractivity contribution in [2.45, 2.75) is 78.1 Å². The number of hydrogen-bond acceptors (Lipinski definition) is 5. The fourth-order valence-corrected chi connectivity index (χ4v) is 2.54. The van der Waals surface area contributed by atoms with Crippen molar-refractivity contribution >= 4 is 10.4 Å². The van der Waals surface area contributed by atoms with Crippen LogP contribution >= 0.6 is 0 Å². The van der Waals surface area contributed by atoms with Gasteiger partial charge in [0.2, 0.25) is 0 Å². The van der Waals surface area contributed by atoms with E-state index < -0.39 is 10.4 Å². The molecule has 0 aromatic carbocycles. The van der Waals surface area contributed by atoms with E-state index in [9.17, 15) is 8.42 Å². The highest BCUT2D eigenvalue weighted by molar-refractivity contribution is 7.81. The lowest BCUT2D eigenvalue weighted by Crippen LogP contribution is -2.21. The van der Waals surface area contributed by atoms with Crippen molar-refractivity contribution in [2.24, 2.45) is 0 Å². The third kappa shape index (κ3) is 14.2. The highest BCUT2D eigenvalue weighted by Gasteiger charge is 2.10. The van der Waals surface area contributed by atoms with Crippen LogP contribution in [-0.2, 0) is 18.9 Å². The summed E-state index contributed by atoms with van der Waals surface area (Å²) in [5, 5.41) is 0. The third-order valence-corrected chi connectivity index (χ3v) is 3.81. The molecule has 0 fully saturated rings. The molecule has 0 saturated carbocycles. The third-order valence-electron chi connectivity index (χ3n) is 3.03. The van der Waals surface area contributed by atoms with Crippen LogP contribution in [0.3, 0.4) is 0 Å². The Morgan fingerprint density at radius 2 is 1.30 bits per heavy atom. The van der Waals surface area contributed by atoms with Crippen LogP contribution in [0.4, 0.5) is 0 Å². The van der Waals surface area contributed by atoms with E-state index in [1.54, 1.807) is 6.92 Å². The molecule has 0 radical (unpaired) electrons. The van der Waals surface area contributed by atoms with Crippen LogP contribution in [0.15, 0.2) is 0 Å². The average molecular weight is 309 g/mol. The molecule has 1 N–H and O–H groups in total. The van der Waals surface area contributed by atoms with Crippen LogP contribution in [0.1, 0.15) is 78.1 Å². The number of hydrogen-bond donors (Lipinski definition) is 1. The van der Waals surface area contributed by atoms with Gasteiger partial charge < -0.3 is 0 Å². The van der Waals surface area contributed by atoms with Gasteiger partial charge in [-0.2, -0.15) is 18.2 Å². The summed E-state index contributed by atoms with van der Waals surface area (Å²) in [7, 11) is -3.87. The minimum Gasteiger partial charge on any atom is -0.247 e. The molecule has 0 atom stereocenters. The maximum absolute atomic E-state index is 11.1. The molecule has 0 amide bonds. The van der Waals surface area contributed by atoms with Gasteiger partial charge >= 0.3 is 10.4 Å². The molecule has 0 aromatic rings.